The quantitative estimate of drug-likeness (QED) is 0.803. The molecular formula is C18H26N4O2. The van der Waals surface area contributed by atoms with Crippen molar-refractivity contribution in [3.8, 4) is 0 Å². The standard InChI is InChI=1S/C18H26N4O2/c1-12-9-15-10-19-13(2)22(15)16(20-12)14-7-6-8-21(11-14)17(23)24-18(3,4)5/h9-10,14H,6-8,11H2,1-5H3/t14-/m1/s1. The lowest BCUT2D eigenvalue weighted by Crippen LogP contribution is -2.42. The van der Waals surface area contributed by atoms with Crippen LogP contribution >= 0.6 is 0 Å². The van der Waals surface area contributed by atoms with E-state index < -0.39 is 5.60 Å². The number of fused-ring (bicyclic) bond motifs is 1. The van der Waals surface area contributed by atoms with Crippen molar-refractivity contribution >= 4 is 11.6 Å². The topological polar surface area (TPSA) is 59.7 Å². The Balaban J connectivity index is 1.88. The van der Waals surface area contributed by atoms with E-state index in [9.17, 15) is 4.79 Å². The van der Waals surface area contributed by atoms with Crippen LogP contribution in [-0.2, 0) is 4.74 Å². The summed E-state index contributed by atoms with van der Waals surface area (Å²) in [6.07, 6.45) is 3.61. The number of carbonyl (C=O) groups excluding carboxylic acids is 1. The first kappa shape index (κ1) is 16.7. The van der Waals surface area contributed by atoms with Crippen molar-refractivity contribution in [2.75, 3.05) is 13.1 Å². The summed E-state index contributed by atoms with van der Waals surface area (Å²) in [5, 5.41) is 0. The summed E-state index contributed by atoms with van der Waals surface area (Å²) in [7, 11) is 0. The normalized spacial score (nSPS) is 18.9. The number of rotatable bonds is 1. The monoisotopic (exact) mass is 330 g/mol. The van der Waals surface area contributed by atoms with Gasteiger partial charge in [-0.15, -0.1) is 0 Å². The maximum Gasteiger partial charge on any atom is 0.410 e. The Kier molecular flexibility index (Phi) is 4.24. The number of carbonyl (C=O) groups is 1. The van der Waals surface area contributed by atoms with Crippen LogP contribution < -0.4 is 0 Å². The van der Waals surface area contributed by atoms with E-state index in [1.165, 1.54) is 0 Å². The van der Waals surface area contributed by atoms with Gasteiger partial charge in [0.05, 0.1) is 11.7 Å². The van der Waals surface area contributed by atoms with Gasteiger partial charge in [-0.05, 0) is 53.5 Å². The lowest BCUT2D eigenvalue weighted by atomic mass is 9.97. The Morgan fingerprint density at radius 1 is 1.33 bits per heavy atom. The van der Waals surface area contributed by atoms with Gasteiger partial charge in [0.1, 0.15) is 17.2 Å². The van der Waals surface area contributed by atoms with Gasteiger partial charge >= 0.3 is 6.09 Å². The molecule has 130 valence electrons. The predicted molar refractivity (Wildman–Crippen MR) is 92.2 cm³/mol. The first-order valence-corrected chi connectivity index (χ1v) is 8.54. The van der Waals surface area contributed by atoms with E-state index in [1.807, 2.05) is 51.8 Å². The fourth-order valence-corrected chi connectivity index (χ4v) is 3.29. The molecule has 3 rings (SSSR count). The zero-order chi connectivity index (χ0) is 17.5. The second-order valence-electron chi connectivity index (χ2n) is 7.59. The Morgan fingerprint density at radius 3 is 2.79 bits per heavy atom. The molecule has 0 radical (unpaired) electrons. The van der Waals surface area contributed by atoms with Gasteiger partial charge in [-0.1, -0.05) is 0 Å². The van der Waals surface area contributed by atoms with Crippen LogP contribution in [0.1, 0.15) is 56.9 Å². The van der Waals surface area contributed by atoms with E-state index in [2.05, 4.69) is 9.38 Å². The molecule has 1 aliphatic rings. The lowest BCUT2D eigenvalue weighted by Gasteiger charge is -2.34. The van der Waals surface area contributed by atoms with Crippen molar-refractivity contribution in [1.29, 1.82) is 0 Å². The molecule has 0 N–H and O–H groups in total. The average Bonchev–Trinajstić information content (AvgIpc) is 2.86. The second-order valence-corrected chi connectivity index (χ2v) is 7.59. The molecule has 0 aromatic carbocycles. The van der Waals surface area contributed by atoms with Crippen LogP contribution in [0, 0.1) is 13.8 Å². The third-order valence-corrected chi connectivity index (χ3v) is 4.28. The highest BCUT2D eigenvalue weighted by atomic mass is 16.6. The summed E-state index contributed by atoms with van der Waals surface area (Å²) in [4.78, 5) is 23.4. The molecule has 1 atom stereocenters. The number of hydrogen-bond donors (Lipinski definition) is 0. The predicted octanol–water partition coefficient (Wildman–Crippen LogP) is 3.46. The number of hydrogen-bond acceptors (Lipinski definition) is 4. The number of piperidine rings is 1. The van der Waals surface area contributed by atoms with Crippen LogP contribution in [0.4, 0.5) is 4.79 Å². The first-order chi connectivity index (χ1) is 11.2. The van der Waals surface area contributed by atoms with E-state index in [-0.39, 0.29) is 12.0 Å². The third-order valence-electron chi connectivity index (χ3n) is 4.28. The maximum atomic E-state index is 12.4. The minimum absolute atomic E-state index is 0.196. The summed E-state index contributed by atoms with van der Waals surface area (Å²) >= 11 is 0. The van der Waals surface area contributed by atoms with Gasteiger partial charge in [0.25, 0.3) is 0 Å². The second kappa shape index (κ2) is 6.07. The van der Waals surface area contributed by atoms with E-state index in [0.29, 0.717) is 6.54 Å². The average molecular weight is 330 g/mol. The molecule has 3 heterocycles. The smallest absolute Gasteiger partial charge is 0.410 e. The molecule has 0 spiro atoms. The van der Waals surface area contributed by atoms with Gasteiger partial charge in [0.15, 0.2) is 0 Å². The van der Waals surface area contributed by atoms with Crippen LogP contribution in [0.5, 0.6) is 0 Å². The van der Waals surface area contributed by atoms with Crippen LogP contribution in [0.25, 0.3) is 5.52 Å². The van der Waals surface area contributed by atoms with Crippen LogP contribution in [0.15, 0.2) is 12.3 Å². The minimum atomic E-state index is -0.472. The number of amides is 1. The van der Waals surface area contributed by atoms with Gasteiger partial charge in [-0.2, -0.15) is 0 Å². The molecule has 1 aliphatic heterocycles. The number of imidazole rings is 1. The van der Waals surface area contributed by atoms with Crippen molar-refractivity contribution < 1.29 is 9.53 Å². The summed E-state index contributed by atoms with van der Waals surface area (Å²) in [6, 6.07) is 2.04. The van der Waals surface area contributed by atoms with Gasteiger partial charge in [-0.3, -0.25) is 4.40 Å². The summed E-state index contributed by atoms with van der Waals surface area (Å²) < 4.78 is 7.64. The maximum absolute atomic E-state index is 12.4. The van der Waals surface area contributed by atoms with E-state index in [1.54, 1.807) is 0 Å². The van der Waals surface area contributed by atoms with Gasteiger partial charge < -0.3 is 9.64 Å². The highest BCUT2D eigenvalue weighted by Crippen LogP contribution is 2.28. The third kappa shape index (κ3) is 3.37. The largest absolute Gasteiger partial charge is 0.444 e. The van der Waals surface area contributed by atoms with Gasteiger partial charge in [0.2, 0.25) is 0 Å². The molecule has 6 nitrogen and oxygen atoms in total. The molecule has 0 aliphatic carbocycles. The number of ether oxygens (including phenoxy) is 1. The molecule has 6 heteroatoms. The Morgan fingerprint density at radius 2 is 2.08 bits per heavy atom. The lowest BCUT2D eigenvalue weighted by molar-refractivity contribution is 0.0195. The Bertz CT molecular complexity index is 760. The zero-order valence-corrected chi connectivity index (χ0v) is 15.2. The molecule has 1 saturated heterocycles. The summed E-state index contributed by atoms with van der Waals surface area (Å²) in [5.74, 6) is 2.12. The molecule has 0 bridgehead atoms. The zero-order valence-electron chi connectivity index (χ0n) is 15.2. The number of aromatic nitrogens is 3. The van der Waals surface area contributed by atoms with Crippen molar-refractivity contribution in [1.82, 2.24) is 19.3 Å². The minimum Gasteiger partial charge on any atom is -0.444 e. The highest BCUT2D eigenvalue weighted by molar-refractivity contribution is 5.68. The van der Waals surface area contributed by atoms with Crippen LogP contribution in [0.3, 0.4) is 0 Å². The van der Waals surface area contributed by atoms with E-state index in [0.717, 1.165) is 42.2 Å². The SMILES string of the molecule is Cc1cc2cnc(C)n2c([C@@H]2CCCN(C(=O)OC(C)(C)C)C2)n1. The molecule has 1 fully saturated rings. The van der Waals surface area contributed by atoms with Crippen molar-refractivity contribution in [3.05, 3.63) is 29.6 Å². The number of nitrogens with zero attached hydrogens (tertiary/aromatic N) is 4. The summed E-state index contributed by atoms with van der Waals surface area (Å²) in [6.45, 7) is 11.1. The van der Waals surface area contributed by atoms with Gasteiger partial charge in [0, 0.05) is 24.7 Å². The van der Waals surface area contributed by atoms with Crippen LogP contribution in [0.2, 0.25) is 0 Å². The molecule has 0 unspecified atom stereocenters. The Hall–Kier alpha value is -2.11. The Labute approximate surface area is 142 Å². The summed E-state index contributed by atoms with van der Waals surface area (Å²) in [5.41, 5.74) is 1.57. The number of likely N-dealkylation sites (tertiary alicyclic amines) is 1. The fourth-order valence-electron chi connectivity index (χ4n) is 3.29. The highest BCUT2D eigenvalue weighted by Gasteiger charge is 2.30. The first-order valence-electron chi connectivity index (χ1n) is 8.54. The molecule has 2 aromatic heterocycles. The molecule has 0 saturated carbocycles. The van der Waals surface area contributed by atoms with Crippen molar-refractivity contribution in [2.24, 2.45) is 0 Å². The number of aryl methyl sites for hydroxylation is 2. The van der Waals surface area contributed by atoms with E-state index >= 15 is 0 Å². The van der Waals surface area contributed by atoms with Gasteiger partial charge in [-0.25, -0.2) is 14.8 Å². The fraction of sp³-hybridized carbons (Fsp3) is 0.611. The van der Waals surface area contributed by atoms with Crippen LogP contribution in [-0.4, -0.2) is 44.1 Å². The molecular weight excluding hydrogens is 304 g/mol. The molecule has 24 heavy (non-hydrogen) atoms. The molecule has 2 aromatic rings. The van der Waals surface area contributed by atoms with Crippen molar-refractivity contribution in [3.63, 3.8) is 0 Å². The van der Waals surface area contributed by atoms with Crippen molar-refractivity contribution in [2.45, 2.75) is 59.0 Å². The molecule has 1 amide bonds. The van der Waals surface area contributed by atoms with E-state index in [4.69, 9.17) is 9.72 Å².